The Labute approximate surface area is 82.9 Å². The molecule has 0 radical (unpaired) electrons. The van der Waals surface area contributed by atoms with Gasteiger partial charge in [0.2, 0.25) is 0 Å². The second-order valence-corrected chi connectivity index (χ2v) is 2.76. The van der Waals surface area contributed by atoms with Crippen molar-refractivity contribution < 1.29 is 14.2 Å². The van der Waals surface area contributed by atoms with E-state index >= 15 is 0 Å². The number of unbranched alkanes of at least 4 members (excludes halogenated alkanes) is 1. The van der Waals surface area contributed by atoms with Crippen molar-refractivity contribution in [2.45, 2.75) is 12.8 Å². The first-order valence-electron chi connectivity index (χ1n) is 4.54. The molecule has 1 aromatic carbocycles. The summed E-state index contributed by atoms with van der Waals surface area (Å²) in [5, 5.41) is 0. The molecule has 0 aliphatic heterocycles. The summed E-state index contributed by atoms with van der Waals surface area (Å²) in [6.45, 7) is 0.626. The van der Waals surface area contributed by atoms with Crippen LogP contribution in [0.5, 0.6) is 5.75 Å². The van der Waals surface area contributed by atoms with Crippen LogP contribution in [0, 0.1) is 0 Å². The number of hydrogen-bond acceptors (Lipinski definition) is 2. The van der Waals surface area contributed by atoms with Crippen LogP contribution < -0.4 is 4.74 Å². The van der Waals surface area contributed by atoms with Crippen LogP contribution in [0.25, 0.3) is 0 Å². The van der Waals surface area contributed by atoms with Gasteiger partial charge in [-0.05, 0) is 31.1 Å². The molecule has 0 saturated carbocycles. The molecule has 0 N–H and O–H groups in total. The molecule has 14 heavy (non-hydrogen) atoms. The zero-order valence-electron chi connectivity index (χ0n) is 7.86. The first-order valence-corrected chi connectivity index (χ1v) is 4.54. The van der Waals surface area contributed by atoms with Gasteiger partial charge in [0, 0.05) is 4.53 Å². The van der Waals surface area contributed by atoms with Gasteiger partial charge in [-0.15, -0.1) is 0 Å². The Morgan fingerprint density at radius 1 is 1.21 bits per heavy atom. The van der Waals surface area contributed by atoms with E-state index < -0.39 is 0 Å². The van der Waals surface area contributed by atoms with Crippen molar-refractivity contribution in [1.82, 2.24) is 0 Å². The third kappa shape index (κ3) is 4.50. The lowest BCUT2D eigenvalue weighted by molar-refractivity contribution is -0.0621. The maximum atomic E-state index is 11.1. The SMILES string of the molecule is FOC=CCCCOc1ccccc1. The van der Waals surface area contributed by atoms with Gasteiger partial charge in [-0.3, -0.25) is 0 Å². The standard InChI is InChI=1S/C11H13FO2/c12-14-10-6-2-5-9-13-11-7-3-1-4-8-11/h1,3-4,6-8,10H,2,5,9H2. The highest BCUT2D eigenvalue weighted by Gasteiger charge is 1.89. The lowest BCUT2D eigenvalue weighted by Crippen LogP contribution is -1.95. The summed E-state index contributed by atoms with van der Waals surface area (Å²) in [5.41, 5.74) is 0. The van der Waals surface area contributed by atoms with Crippen molar-refractivity contribution in [2.24, 2.45) is 0 Å². The van der Waals surface area contributed by atoms with Crippen LogP contribution in [-0.4, -0.2) is 6.61 Å². The third-order valence-electron chi connectivity index (χ3n) is 1.67. The van der Waals surface area contributed by atoms with E-state index in [4.69, 9.17) is 4.74 Å². The topological polar surface area (TPSA) is 18.5 Å². The minimum atomic E-state index is 0.626. The van der Waals surface area contributed by atoms with E-state index in [9.17, 15) is 4.53 Å². The van der Waals surface area contributed by atoms with Crippen molar-refractivity contribution in [3.8, 4) is 5.75 Å². The fraction of sp³-hybridized carbons (Fsp3) is 0.273. The van der Waals surface area contributed by atoms with Crippen molar-refractivity contribution >= 4 is 0 Å². The lowest BCUT2D eigenvalue weighted by atomic mass is 10.3. The first kappa shape index (κ1) is 10.6. The van der Waals surface area contributed by atoms with E-state index in [1.54, 1.807) is 6.08 Å². The Kier molecular flexibility index (Phi) is 5.25. The molecule has 0 amide bonds. The molecule has 0 unspecified atom stereocenters. The quantitative estimate of drug-likeness (QED) is 0.513. The van der Waals surface area contributed by atoms with Gasteiger partial charge in [-0.2, -0.15) is 0 Å². The van der Waals surface area contributed by atoms with Gasteiger partial charge in [0.25, 0.3) is 0 Å². The van der Waals surface area contributed by atoms with Gasteiger partial charge in [0.1, 0.15) is 12.0 Å². The van der Waals surface area contributed by atoms with Gasteiger partial charge in [-0.1, -0.05) is 18.2 Å². The average Bonchev–Trinajstić information content (AvgIpc) is 2.25. The molecule has 3 heteroatoms. The number of rotatable bonds is 6. The second kappa shape index (κ2) is 6.95. The number of hydrogen-bond donors (Lipinski definition) is 0. The highest BCUT2D eigenvalue weighted by Crippen LogP contribution is 2.08. The summed E-state index contributed by atoms with van der Waals surface area (Å²) in [7, 11) is 0. The van der Waals surface area contributed by atoms with Crippen molar-refractivity contribution in [1.29, 1.82) is 0 Å². The molecule has 2 nitrogen and oxygen atoms in total. The van der Waals surface area contributed by atoms with Crippen LogP contribution in [0.4, 0.5) is 4.53 Å². The Morgan fingerprint density at radius 2 is 2.00 bits per heavy atom. The molecule has 0 aliphatic carbocycles. The molecular weight excluding hydrogens is 183 g/mol. The largest absolute Gasteiger partial charge is 0.494 e. The van der Waals surface area contributed by atoms with Gasteiger partial charge in [-0.25, -0.2) is 0 Å². The van der Waals surface area contributed by atoms with Gasteiger partial charge >= 0.3 is 0 Å². The molecule has 0 spiro atoms. The first-order chi connectivity index (χ1) is 6.93. The van der Waals surface area contributed by atoms with Gasteiger partial charge in [0.15, 0.2) is 0 Å². The summed E-state index contributed by atoms with van der Waals surface area (Å²) < 4.78 is 16.6. The molecule has 1 aromatic rings. The number of ether oxygens (including phenoxy) is 1. The van der Waals surface area contributed by atoms with Crippen LogP contribution in [0.1, 0.15) is 12.8 Å². The Balaban J connectivity index is 2.07. The van der Waals surface area contributed by atoms with Gasteiger partial charge < -0.3 is 9.68 Å². The normalized spacial score (nSPS) is 10.4. The van der Waals surface area contributed by atoms with E-state index in [1.807, 2.05) is 30.3 Å². The molecular formula is C11H13FO2. The fourth-order valence-corrected chi connectivity index (χ4v) is 1.01. The summed E-state index contributed by atoms with van der Waals surface area (Å²) >= 11 is 0. The van der Waals surface area contributed by atoms with Crippen molar-refractivity contribution in [2.75, 3.05) is 6.61 Å². The van der Waals surface area contributed by atoms with Crippen molar-refractivity contribution in [3.63, 3.8) is 0 Å². The molecule has 0 aromatic heterocycles. The van der Waals surface area contributed by atoms with E-state index in [0.717, 1.165) is 24.9 Å². The Hall–Kier alpha value is -1.51. The molecule has 0 heterocycles. The monoisotopic (exact) mass is 196 g/mol. The molecule has 0 fully saturated rings. The Morgan fingerprint density at radius 3 is 2.71 bits per heavy atom. The molecule has 1 rings (SSSR count). The predicted molar refractivity (Wildman–Crippen MR) is 52.5 cm³/mol. The number of allylic oxidation sites excluding steroid dienone is 1. The van der Waals surface area contributed by atoms with Crippen LogP contribution in [0.3, 0.4) is 0 Å². The lowest BCUT2D eigenvalue weighted by Gasteiger charge is -2.03. The summed E-state index contributed by atoms with van der Waals surface area (Å²) in [6.07, 6.45) is 4.24. The summed E-state index contributed by atoms with van der Waals surface area (Å²) in [4.78, 5) is 3.29. The van der Waals surface area contributed by atoms with Crippen LogP contribution in [0.2, 0.25) is 0 Å². The number of para-hydroxylation sites is 1. The summed E-state index contributed by atoms with van der Waals surface area (Å²) in [5.74, 6) is 0.859. The van der Waals surface area contributed by atoms with Gasteiger partial charge in [0.05, 0.1) is 6.61 Å². The maximum Gasteiger partial charge on any atom is 0.132 e. The smallest absolute Gasteiger partial charge is 0.132 e. The zero-order valence-corrected chi connectivity index (χ0v) is 7.86. The number of benzene rings is 1. The Bertz CT molecular complexity index is 259. The van der Waals surface area contributed by atoms with Crippen LogP contribution in [-0.2, 0) is 4.94 Å². The molecule has 0 saturated heterocycles. The maximum absolute atomic E-state index is 11.1. The third-order valence-corrected chi connectivity index (χ3v) is 1.67. The minimum absolute atomic E-state index is 0.626. The average molecular weight is 196 g/mol. The highest BCUT2D eigenvalue weighted by molar-refractivity contribution is 5.20. The molecule has 0 aliphatic rings. The second-order valence-electron chi connectivity index (χ2n) is 2.76. The minimum Gasteiger partial charge on any atom is -0.494 e. The van der Waals surface area contributed by atoms with Crippen LogP contribution in [0.15, 0.2) is 42.7 Å². The zero-order chi connectivity index (χ0) is 10.1. The highest BCUT2D eigenvalue weighted by atomic mass is 19.3. The fourth-order valence-electron chi connectivity index (χ4n) is 1.01. The van der Waals surface area contributed by atoms with E-state index in [1.165, 1.54) is 0 Å². The van der Waals surface area contributed by atoms with E-state index in [2.05, 4.69) is 4.94 Å². The van der Waals surface area contributed by atoms with Crippen LogP contribution >= 0.6 is 0 Å². The summed E-state index contributed by atoms with van der Waals surface area (Å²) in [6, 6.07) is 9.59. The molecule has 0 bridgehead atoms. The number of halogens is 1. The van der Waals surface area contributed by atoms with E-state index in [0.29, 0.717) is 6.61 Å². The molecule has 0 atom stereocenters. The van der Waals surface area contributed by atoms with E-state index in [-0.39, 0.29) is 0 Å². The predicted octanol–water partition coefficient (Wildman–Crippen LogP) is 3.26. The molecule has 76 valence electrons. The van der Waals surface area contributed by atoms with Crippen molar-refractivity contribution in [3.05, 3.63) is 42.7 Å².